The Morgan fingerprint density at radius 1 is 1.28 bits per heavy atom. The maximum Gasteiger partial charge on any atom is 0.189 e. The van der Waals surface area contributed by atoms with Crippen LogP contribution in [0, 0.1) is 0 Å². The van der Waals surface area contributed by atoms with Crippen LogP contribution in [0.1, 0.15) is 18.0 Å². The van der Waals surface area contributed by atoms with Crippen LogP contribution in [0.5, 0.6) is 11.5 Å². The molecule has 1 heterocycles. The van der Waals surface area contributed by atoms with Crippen LogP contribution in [-0.2, 0) is 0 Å². The lowest BCUT2D eigenvalue weighted by Crippen LogP contribution is -2.37. The smallest absolute Gasteiger partial charge is 0.189 e. The van der Waals surface area contributed by atoms with E-state index in [1.54, 1.807) is 12.1 Å². The van der Waals surface area contributed by atoms with E-state index >= 15 is 0 Å². The second-order valence-electron chi connectivity index (χ2n) is 5.44. The predicted octanol–water partition coefficient (Wildman–Crippen LogP) is 3.76. The molecule has 0 aliphatic carbocycles. The third-order valence-corrected chi connectivity index (χ3v) is 3.95. The van der Waals surface area contributed by atoms with Crippen molar-refractivity contribution in [3.63, 3.8) is 0 Å². The highest BCUT2D eigenvalue weighted by molar-refractivity contribution is 14.0. The highest BCUT2D eigenvalue weighted by Gasteiger charge is 2.21. The topological polar surface area (TPSA) is 68.9 Å². The summed E-state index contributed by atoms with van der Waals surface area (Å²) in [5, 5.41) is 3.90. The summed E-state index contributed by atoms with van der Waals surface area (Å²) in [7, 11) is 0. The normalized spacial score (nSPS) is 16.2. The first-order chi connectivity index (χ1) is 11.7. The van der Waals surface area contributed by atoms with Crippen molar-refractivity contribution in [1.82, 2.24) is 5.32 Å². The Hall–Kier alpha value is -1.67. The molecule has 0 amide bonds. The van der Waals surface area contributed by atoms with E-state index in [4.69, 9.17) is 26.8 Å². The Balaban J connectivity index is 0.00000225. The number of nitrogens with two attached hydrogens (primary N) is 1. The molecule has 0 bridgehead atoms. The number of rotatable bonds is 5. The first-order valence-electron chi connectivity index (χ1n) is 7.89. The monoisotopic (exact) mass is 473 g/mol. The van der Waals surface area contributed by atoms with Gasteiger partial charge in [-0.05, 0) is 24.3 Å². The van der Waals surface area contributed by atoms with Crippen molar-refractivity contribution in [3.8, 4) is 11.5 Å². The molecule has 0 saturated carbocycles. The van der Waals surface area contributed by atoms with Crippen molar-refractivity contribution in [2.75, 3.05) is 19.8 Å². The molecule has 2 aromatic rings. The molecule has 1 aliphatic heterocycles. The Morgan fingerprint density at radius 3 is 2.96 bits per heavy atom. The number of aliphatic imine (C=N–C) groups is 1. The number of fused-ring (bicyclic) bond motifs is 1. The van der Waals surface area contributed by atoms with Gasteiger partial charge in [-0.25, -0.2) is 4.99 Å². The zero-order valence-electron chi connectivity index (χ0n) is 13.7. The molecule has 25 heavy (non-hydrogen) atoms. The van der Waals surface area contributed by atoms with Crippen molar-refractivity contribution in [2.45, 2.75) is 12.5 Å². The van der Waals surface area contributed by atoms with Crippen LogP contribution in [0.3, 0.4) is 0 Å². The molecule has 0 spiro atoms. The summed E-state index contributed by atoms with van der Waals surface area (Å²) in [6, 6.07) is 15.4. The van der Waals surface area contributed by atoms with Gasteiger partial charge in [-0.2, -0.15) is 0 Å². The predicted molar refractivity (Wildman–Crippen MR) is 111 cm³/mol. The lowest BCUT2D eigenvalue weighted by atomic mass is 10.0. The number of halogens is 2. The van der Waals surface area contributed by atoms with Crippen molar-refractivity contribution in [1.29, 1.82) is 0 Å². The summed E-state index contributed by atoms with van der Waals surface area (Å²) in [5.41, 5.74) is 7.10. The quantitative estimate of drug-likeness (QED) is 0.300. The Morgan fingerprint density at radius 2 is 2.12 bits per heavy atom. The van der Waals surface area contributed by atoms with E-state index in [2.05, 4.69) is 10.3 Å². The zero-order chi connectivity index (χ0) is 16.8. The number of hydrogen-bond donors (Lipinski definition) is 2. The molecule has 5 nitrogen and oxygen atoms in total. The van der Waals surface area contributed by atoms with Crippen LogP contribution in [0.15, 0.2) is 53.5 Å². The first-order valence-corrected chi connectivity index (χ1v) is 8.27. The summed E-state index contributed by atoms with van der Waals surface area (Å²) in [5.74, 6) is 2.03. The highest BCUT2D eigenvalue weighted by atomic mass is 127. The molecule has 1 unspecified atom stereocenters. The van der Waals surface area contributed by atoms with Gasteiger partial charge in [0.2, 0.25) is 0 Å². The van der Waals surface area contributed by atoms with Crippen LogP contribution < -0.4 is 20.5 Å². The molecular weight excluding hydrogens is 453 g/mol. The van der Waals surface area contributed by atoms with Crippen LogP contribution in [0.25, 0.3) is 0 Å². The SMILES string of the molecule is I.NC(=NCCOc1cccc(Cl)c1)NC1CCOc2ccccc21. The summed E-state index contributed by atoms with van der Waals surface area (Å²) >= 11 is 5.91. The molecular formula is C18H21ClIN3O2. The number of nitrogens with one attached hydrogen (secondary N) is 1. The summed E-state index contributed by atoms with van der Waals surface area (Å²) in [4.78, 5) is 4.31. The third-order valence-electron chi connectivity index (χ3n) is 3.72. The Bertz CT molecular complexity index is 727. The van der Waals surface area contributed by atoms with Gasteiger partial charge in [-0.1, -0.05) is 35.9 Å². The van der Waals surface area contributed by atoms with Gasteiger partial charge in [0.25, 0.3) is 0 Å². The lowest BCUT2D eigenvalue weighted by molar-refractivity contribution is 0.262. The number of benzene rings is 2. The van der Waals surface area contributed by atoms with Gasteiger partial charge in [-0.15, -0.1) is 24.0 Å². The molecule has 1 atom stereocenters. The molecule has 0 radical (unpaired) electrons. The Kier molecular flexibility index (Phi) is 7.64. The zero-order valence-corrected chi connectivity index (χ0v) is 16.7. The Labute approximate surface area is 169 Å². The van der Waals surface area contributed by atoms with E-state index in [1.165, 1.54) is 0 Å². The molecule has 1 aliphatic rings. The average molecular weight is 474 g/mol. The van der Waals surface area contributed by atoms with Crippen LogP contribution in [0.4, 0.5) is 0 Å². The highest BCUT2D eigenvalue weighted by Crippen LogP contribution is 2.31. The van der Waals surface area contributed by atoms with Gasteiger partial charge < -0.3 is 20.5 Å². The van der Waals surface area contributed by atoms with Crippen LogP contribution in [0.2, 0.25) is 5.02 Å². The molecule has 134 valence electrons. The second kappa shape index (κ2) is 9.72. The van der Waals surface area contributed by atoms with E-state index in [-0.39, 0.29) is 30.0 Å². The first kappa shape index (κ1) is 19.7. The molecule has 3 rings (SSSR count). The van der Waals surface area contributed by atoms with Crippen molar-refractivity contribution in [2.24, 2.45) is 10.7 Å². The van der Waals surface area contributed by atoms with Gasteiger partial charge in [0.05, 0.1) is 19.2 Å². The largest absolute Gasteiger partial charge is 0.493 e. The van der Waals surface area contributed by atoms with Crippen molar-refractivity contribution >= 4 is 41.5 Å². The van der Waals surface area contributed by atoms with E-state index < -0.39 is 0 Å². The maximum absolute atomic E-state index is 5.99. The fourth-order valence-electron chi connectivity index (χ4n) is 2.60. The van der Waals surface area contributed by atoms with Crippen LogP contribution in [-0.4, -0.2) is 25.7 Å². The number of para-hydroxylation sites is 1. The molecule has 0 saturated heterocycles. The van der Waals surface area contributed by atoms with Crippen molar-refractivity contribution in [3.05, 3.63) is 59.1 Å². The van der Waals surface area contributed by atoms with E-state index in [0.29, 0.717) is 30.7 Å². The van der Waals surface area contributed by atoms with E-state index in [9.17, 15) is 0 Å². The standard InChI is InChI=1S/C18H20ClN3O2.HI/c19-13-4-3-5-14(12-13)23-11-9-21-18(20)22-16-8-10-24-17-7-2-1-6-15(16)17;/h1-7,12,16H,8-11H2,(H3,20,21,22);1H. The summed E-state index contributed by atoms with van der Waals surface area (Å²) < 4.78 is 11.2. The summed E-state index contributed by atoms with van der Waals surface area (Å²) in [6.45, 7) is 1.57. The molecule has 0 aromatic heterocycles. The van der Waals surface area contributed by atoms with E-state index in [1.807, 2.05) is 36.4 Å². The molecule has 7 heteroatoms. The van der Waals surface area contributed by atoms with Gasteiger partial charge in [0.15, 0.2) is 5.96 Å². The number of guanidine groups is 1. The van der Waals surface area contributed by atoms with Gasteiger partial charge in [-0.3, -0.25) is 0 Å². The number of ether oxygens (including phenoxy) is 2. The summed E-state index contributed by atoms with van der Waals surface area (Å²) in [6.07, 6.45) is 0.853. The molecule has 0 fully saturated rings. The maximum atomic E-state index is 5.99. The van der Waals surface area contributed by atoms with Crippen LogP contribution >= 0.6 is 35.6 Å². The molecule has 2 aromatic carbocycles. The number of nitrogens with zero attached hydrogens (tertiary/aromatic N) is 1. The third kappa shape index (κ3) is 5.67. The fourth-order valence-corrected chi connectivity index (χ4v) is 2.78. The van der Waals surface area contributed by atoms with E-state index in [0.717, 1.165) is 23.5 Å². The minimum Gasteiger partial charge on any atom is -0.493 e. The second-order valence-corrected chi connectivity index (χ2v) is 5.88. The van der Waals surface area contributed by atoms with Gasteiger partial charge in [0.1, 0.15) is 18.1 Å². The average Bonchev–Trinajstić information content (AvgIpc) is 2.59. The molecule has 3 N–H and O–H groups in total. The van der Waals surface area contributed by atoms with Crippen molar-refractivity contribution < 1.29 is 9.47 Å². The minimum absolute atomic E-state index is 0. The number of hydrogen-bond acceptors (Lipinski definition) is 3. The lowest BCUT2D eigenvalue weighted by Gasteiger charge is -2.26. The fraction of sp³-hybridized carbons (Fsp3) is 0.278. The minimum atomic E-state index is 0. The van der Waals surface area contributed by atoms with Gasteiger partial charge >= 0.3 is 0 Å². The van der Waals surface area contributed by atoms with Gasteiger partial charge in [0, 0.05) is 17.0 Å².